The lowest BCUT2D eigenvalue weighted by Gasteiger charge is -2.25. The molecule has 4 aromatic rings. The van der Waals surface area contributed by atoms with Crippen molar-refractivity contribution in [1.82, 2.24) is 0 Å². The van der Waals surface area contributed by atoms with Crippen molar-refractivity contribution in [3.05, 3.63) is 95.4 Å². The van der Waals surface area contributed by atoms with E-state index in [0.29, 0.717) is 11.1 Å². The van der Waals surface area contributed by atoms with Crippen molar-refractivity contribution in [3.8, 4) is 20.9 Å². The normalized spacial score (nSPS) is 18.4. The number of hydrogen-bond donors (Lipinski definition) is 2. The zero-order valence-electron chi connectivity index (χ0n) is 13.8. The third-order valence-corrected chi connectivity index (χ3v) is 6.23. The van der Waals surface area contributed by atoms with E-state index in [1.54, 1.807) is 11.3 Å². The summed E-state index contributed by atoms with van der Waals surface area (Å²) < 4.78 is 5.28. The van der Waals surface area contributed by atoms with Crippen LogP contribution in [0.4, 0.5) is 0 Å². The summed E-state index contributed by atoms with van der Waals surface area (Å²) in [5, 5.41) is 22.1. The SMILES string of the molecule is OC1c2cocc2C(O)c2c(-c3ccccc3)sc(-c3ccccc3)c21. The van der Waals surface area contributed by atoms with Crippen LogP contribution in [0.2, 0.25) is 0 Å². The molecular weight excluding hydrogens is 344 g/mol. The Labute approximate surface area is 154 Å². The fourth-order valence-corrected chi connectivity index (χ4v) is 5.05. The fraction of sp³-hybridized carbons (Fsp3) is 0.0909. The van der Waals surface area contributed by atoms with Gasteiger partial charge in [-0.2, -0.15) is 0 Å². The van der Waals surface area contributed by atoms with E-state index in [9.17, 15) is 10.2 Å². The number of benzene rings is 2. The van der Waals surface area contributed by atoms with E-state index < -0.39 is 12.2 Å². The lowest BCUT2D eigenvalue weighted by molar-refractivity contribution is 0.176. The minimum Gasteiger partial charge on any atom is -0.472 e. The molecule has 2 heterocycles. The molecule has 4 heteroatoms. The van der Waals surface area contributed by atoms with Gasteiger partial charge in [-0.15, -0.1) is 11.3 Å². The minimum atomic E-state index is -0.814. The van der Waals surface area contributed by atoms with Crippen LogP contribution in [0.15, 0.2) is 77.6 Å². The molecule has 128 valence electrons. The fourth-order valence-electron chi connectivity index (χ4n) is 3.68. The molecule has 2 aromatic carbocycles. The molecule has 1 aliphatic rings. The Balaban J connectivity index is 1.82. The molecule has 1 aliphatic carbocycles. The Kier molecular flexibility index (Phi) is 3.57. The second-order valence-corrected chi connectivity index (χ2v) is 7.43. The average molecular weight is 360 g/mol. The summed E-state index contributed by atoms with van der Waals surface area (Å²) >= 11 is 1.61. The van der Waals surface area contributed by atoms with Crippen LogP contribution in [0.3, 0.4) is 0 Å². The van der Waals surface area contributed by atoms with E-state index in [4.69, 9.17) is 4.42 Å². The number of thiophene rings is 1. The monoisotopic (exact) mass is 360 g/mol. The van der Waals surface area contributed by atoms with Gasteiger partial charge < -0.3 is 14.6 Å². The van der Waals surface area contributed by atoms with Gasteiger partial charge in [-0.05, 0) is 11.1 Å². The second-order valence-electron chi connectivity index (χ2n) is 6.41. The summed E-state index contributed by atoms with van der Waals surface area (Å²) in [6, 6.07) is 20.0. The van der Waals surface area contributed by atoms with Gasteiger partial charge in [0.25, 0.3) is 0 Å². The molecule has 0 radical (unpaired) electrons. The van der Waals surface area contributed by atoms with E-state index in [0.717, 1.165) is 32.0 Å². The van der Waals surface area contributed by atoms with Crippen molar-refractivity contribution < 1.29 is 14.6 Å². The van der Waals surface area contributed by atoms with E-state index in [1.807, 2.05) is 60.7 Å². The molecule has 0 aliphatic heterocycles. The quantitative estimate of drug-likeness (QED) is 0.520. The number of aliphatic hydroxyl groups excluding tert-OH is 2. The van der Waals surface area contributed by atoms with E-state index in [2.05, 4.69) is 0 Å². The van der Waals surface area contributed by atoms with Gasteiger partial charge >= 0.3 is 0 Å². The summed E-state index contributed by atoms with van der Waals surface area (Å²) in [6.45, 7) is 0. The highest BCUT2D eigenvalue weighted by Gasteiger charge is 2.38. The predicted molar refractivity (Wildman–Crippen MR) is 102 cm³/mol. The Bertz CT molecular complexity index is 981. The highest BCUT2D eigenvalue weighted by atomic mass is 32.1. The van der Waals surface area contributed by atoms with Crippen LogP contribution in [0, 0.1) is 0 Å². The van der Waals surface area contributed by atoms with E-state index in [-0.39, 0.29) is 0 Å². The molecule has 5 rings (SSSR count). The molecule has 0 bridgehead atoms. The van der Waals surface area contributed by atoms with Gasteiger partial charge in [0.05, 0.1) is 12.5 Å². The maximum absolute atomic E-state index is 11.1. The standard InChI is InChI=1S/C22H16O3S/c23-19-15-11-25-12-16(15)20(24)18-17(19)21(13-7-3-1-4-8-13)26-22(18)14-9-5-2-6-10-14/h1-12,19-20,23-24H. The molecular formula is C22H16O3S. The summed E-state index contributed by atoms with van der Waals surface area (Å²) in [5.74, 6) is 0. The van der Waals surface area contributed by atoms with Gasteiger partial charge in [-0.1, -0.05) is 60.7 Å². The third-order valence-electron chi connectivity index (χ3n) is 4.91. The van der Waals surface area contributed by atoms with Gasteiger partial charge in [0.15, 0.2) is 0 Å². The molecule has 0 fully saturated rings. The molecule has 0 saturated heterocycles. The smallest absolute Gasteiger partial charge is 0.109 e. The molecule has 2 N–H and O–H groups in total. The number of fused-ring (bicyclic) bond motifs is 2. The molecule has 3 nitrogen and oxygen atoms in total. The first-order chi connectivity index (χ1) is 12.8. The highest BCUT2D eigenvalue weighted by Crippen LogP contribution is 2.53. The lowest BCUT2D eigenvalue weighted by Crippen LogP contribution is -2.15. The first-order valence-corrected chi connectivity index (χ1v) is 9.27. The van der Waals surface area contributed by atoms with Crippen molar-refractivity contribution in [2.75, 3.05) is 0 Å². The van der Waals surface area contributed by atoms with Crippen LogP contribution < -0.4 is 0 Å². The number of rotatable bonds is 2. The maximum Gasteiger partial charge on any atom is 0.109 e. The van der Waals surface area contributed by atoms with Gasteiger partial charge in [0, 0.05) is 32.0 Å². The summed E-state index contributed by atoms with van der Waals surface area (Å²) in [6.07, 6.45) is 1.43. The van der Waals surface area contributed by atoms with Crippen molar-refractivity contribution in [2.24, 2.45) is 0 Å². The largest absolute Gasteiger partial charge is 0.472 e. The van der Waals surface area contributed by atoms with Gasteiger partial charge in [0.1, 0.15) is 12.2 Å². The Morgan fingerprint density at radius 1 is 0.654 bits per heavy atom. The molecule has 2 aromatic heterocycles. The molecule has 0 spiro atoms. The Morgan fingerprint density at radius 2 is 1.08 bits per heavy atom. The van der Waals surface area contributed by atoms with Crippen LogP contribution in [-0.2, 0) is 0 Å². The highest BCUT2D eigenvalue weighted by molar-refractivity contribution is 7.19. The summed E-state index contributed by atoms with van der Waals surface area (Å²) in [7, 11) is 0. The van der Waals surface area contributed by atoms with Crippen molar-refractivity contribution in [1.29, 1.82) is 0 Å². The molecule has 0 saturated carbocycles. The third kappa shape index (κ3) is 2.20. The van der Waals surface area contributed by atoms with Gasteiger partial charge in [-0.3, -0.25) is 0 Å². The van der Waals surface area contributed by atoms with Crippen LogP contribution in [0.5, 0.6) is 0 Å². The van der Waals surface area contributed by atoms with E-state index >= 15 is 0 Å². The zero-order chi connectivity index (χ0) is 17.7. The van der Waals surface area contributed by atoms with Crippen LogP contribution in [0.25, 0.3) is 20.9 Å². The maximum atomic E-state index is 11.1. The number of furan rings is 1. The summed E-state index contributed by atoms with van der Waals surface area (Å²) in [5.41, 5.74) is 4.91. The Morgan fingerprint density at radius 3 is 1.50 bits per heavy atom. The van der Waals surface area contributed by atoms with Crippen molar-refractivity contribution in [3.63, 3.8) is 0 Å². The molecule has 0 amide bonds. The minimum absolute atomic E-state index is 0.639. The predicted octanol–water partition coefficient (Wildman–Crippen LogP) is 5.15. The lowest BCUT2D eigenvalue weighted by atomic mass is 9.83. The van der Waals surface area contributed by atoms with Crippen molar-refractivity contribution in [2.45, 2.75) is 12.2 Å². The molecule has 26 heavy (non-hydrogen) atoms. The number of hydrogen-bond acceptors (Lipinski definition) is 4. The molecule has 2 atom stereocenters. The van der Waals surface area contributed by atoms with Gasteiger partial charge in [-0.25, -0.2) is 0 Å². The second kappa shape index (κ2) is 5.95. The average Bonchev–Trinajstić information content (AvgIpc) is 3.33. The van der Waals surface area contributed by atoms with E-state index in [1.165, 1.54) is 12.5 Å². The van der Waals surface area contributed by atoms with Crippen LogP contribution >= 0.6 is 11.3 Å². The van der Waals surface area contributed by atoms with Gasteiger partial charge in [0.2, 0.25) is 0 Å². The first kappa shape index (κ1) is 15.6. The van der Waals surface area contributed by atoms with Crippen LogP contribution in [0.1, 0.15) is 34.5 Å². The topological polar surface area (TPSA) is 53.6 Å². The number of aliphatic hydroxyl groups is 2. The Hall–Kier alpha value is -2.66. The zero-order valence-corrected chi connectivity index (χ0v) is 14.6. The first-order valence-electron chi connectivity index (χ1n) is 8.45. The summed E-state index contributed by atoms with van der Waals surface area (Å²) in [4.78, 5) is 1.97. The van der Waals surface area contributed by atoms with Crippen LogP contribution in [-0.4, -0.2) is 10.2 Å². The molecule has 2 unspecified atom stereocenters. The van der Waals surface area contributed by atoms with Crippen molar-refractivity contribution >= 4 is 11.3 Å².